The molecule has 82 valence electrons. The van der Waals surface area contributed by atoms with E-state index in [0.29, 0.717) is 0 Å². The van der Waals surface area contributed by atoms with Gasteiger partial charge in [0, 0.05) is 0 Å². The summed E-state index contributed by atoms with van der Waals surface area (Å²) in [5.41, 5.74) is 1.05. The van der Waals surface area contributed by atoms with E-state index in [0.717, 1.165) is 36.4 Å². The van der Waals surface area contributed by atoms with Gasteiger partial charge in [0.2, 0.25) is 0 Å². The SMILES string of the molecule is C#CC(NCCC)c1snnc1CCC. The highest BCUT2D eigenvalue weighted by Crippen LogP contribution is 2.20. The second-order valence-electron chi connectivity index (χ2n) is 3.39. The Kier molecular flexibility index (Phi) is 5.30. The van der Waals surface area contributed by atoms with Crippen molar-refractivity contribution in [3.8, 4) is 12.3 Å². The lowest BCUT2D eigenvalue weighted by molar-refractivity contribution is 0.626. The largest absolute Gasteiger partial charge is 0.299 e. The minimum Gasteiger partial charge on any atom is -0.299 e. The van der Waals surface area contributed by atoms with E-state index >= 15 is 0 Å². The lowest BCUT2D eigenvalue weighted by Crippen LogP contribution is -2.20. The summed E-state index contributed by atoms with van der Waals surface area (Å²) in [6.07, 6.45) is 8.61. The zero-order valence-corrected chi connectivity index (χ0v) is 10.1. The number of nitrogens with one attached hydrogen (secondary N) is 1. The monoisotopic (exact) mass is 223 g/mol. The summed E-state index contributed by atoms with van der Waals surface area (Å²) in [5.74, 6) is 2.76. The maximum absolute atomic E-state index is 5.51. The fourth-order valence-corrected chi connectivity index (χ4v) is 2.09. The smallest absolute Gasteiger partial charge is 0.107 e. The Morgan fingerprint density at radius 1 is 1.47 bits per heavy atom. The summed E-state index contributed by atoms with van der Waals surface area (Å²) in [6.45, 7) is 5.18. The summed E-state index contributed by atoms with van der Waals surface area (Å²) < 4.78 is 3.97. The van der Waals surface area contributed by atoms with Gasteiger partial charge in [-0.05, 0) is 30.9 Å². The molecule has 0 fully saturated rings. The minimum absolute atomic E-state index is 0.0218. The van der Waals surface area contributed by atoms with E-state index in [4.69, 9.17) is 6.42 Å². The van der Waals surface area contributed by atoms with Crippen LogP contribution in [-0.4, -0.2) is 16.1 Å². The van der Waals surface area contributed by atoms with E-state index in [-0.39, 0.29) is 6.04 Å². The average Bonchev–Trinajstić information content (AvgIpc) is 2.68. The molecule has 1 rings (SSSR count). The van der Waals surface area contributed by atoms with Crippen molar-refractivity contribution in [2.24, 2.45) is 0 Å². The fourth-order valence-electron chi connectivity index (χ4n) is 1.36. The minimum atomic E-state index is -0.0218. The van der Waals surface area contributed by atoms with Gasteiger partial charge in [-0.2, -0.15) is 0 Å². The number of nitrogens with zero attached hydrogens (tertiary/aromatic N) is 2. The molecule has 0 saturated carbocycles. The molecule has 15 heavy (non-hydrogen) atoms. The predicted octanol–water partition coefficient (Wildman–Crippen LogP) is 2.16. The number of terminal acetylenes is 1. The first-order chi connectivity index (χ1) is 7.33. The summed E-state index contributed by atoms with van der Waals surface area (Å²) in [4.78, 5) is 1.10. The van der Waals surface area contributed by atoms with Crippen LogP contribution in [0.5, 0.6) is 0 Å². The van der Waals surface area contributed by atoms with Gasteiger partial charge in [0.05, 0.1) is 10.6 Å². The van der Waals surface area contributed by atoms with Crippen molar-refractivity contribution in [1.82, 2.24) is 14.9 Å². The molecule has 0 aliphatic carbocycles. The zero-order valence-electron chi connectivity index (χ0n) is 9.29. The van der Waals surface area contributed by atoms with Gasteiger partial charge in [0.15, 0.2) is 0 Å². The number of hydrogen-bond donors (Lipinski definition) is 1. The van der Waals surface area contributed by atoms with Crippen molar-refractivity contribution >= 4 is 11.5 Å². The maximum atomic E-state index is 5.51. The van der Waals surface area contributed by atoms with Crippen LogP contribution in [0.15, 0.2) is 0 Å². The lowest BCUT2D eigenvalue weighted by Gasteiger charge is -2.10. The van der Waals surface area contributed by atoms with Crippen molar-refractivity contribution in [2.75, 3.05) is 6.54 Å². The second kappa shape index (κ2) is 6.54. The first-order valence-corrected chi connectivity index (χ1v) is 6.11. The highest BCUT2D eigenvalue weighted by atomic mass is 32.1. The predicted molar refractivity (Wildman–Crippen MR) is 63.8 cm³/mol. The van der Waals surface area contributed by atoms with E-state index in [1.54, 1.807) is 0 Å². The summed E-state index contributed by atoms with van der Waals surface area (Å²) in [7, 11) is 0. The van der Waals surface area contributed by atoms with Gasteiger partial charge in [-0.1, -0.05) is 30.7 Å². The number of rotatable bonds is 6. The van der Waals surface area contributed by atoms with E-state index < -0.39 is 0 Å². The van der Waals surface area contributed by atoms with Gasteiger partial charge in [-0.25, -0.2) is 0 Å². The molecule has 1 N–H and O–H groups in total. The molecule has 0 saturated heterocycles. The Labute approximate surface area is 95.5 Å². The van der Waals surface area contributed by atoms with Crippen molar-refractivity contribution in [3.05, 3.63) is 10.6 Å². The molecule has 0 aliphatic rings. The van der Waals surface area contributed by atoms with Crippen molar-refractivity contribution < 1.29 is 0 Å². The quantitative estimate of drug-likeness (QED) is 0.751. The van der Waals surface area contributed by atoms with Crippen LogP contribution in [0.1, 0.15) is 43.3 Å². The van der Waals surface area contributed by atoms with Gasteiger partial charge in [0.25, 0.3) is 0 Å². The van der Waals surface area contributed by atoms with Gasteiger partial charge in [-0.15, -0.1) is 11.5 Å². The molecule has 0 bridgehead atoms. The van der Waals surface area contributed by atoms with Crippen molar-refractivity contribution in [3.63, 3.8) is 0 Å². The van der Waals surface area contributed by atoms with Gasteiger partial charge in [0.1, 0.15) is 6.04 Å². The van der Waals surface area contributed by atoms with Crippen LogP contribution in [0.2, 0.25) is 0 Å². The molecular formula is C11H17N3S. The Hall–Kier alpha value is -0.920. The fraction of sp³-hybridized carbons (Fsp3) is 0.636. The Bertz CT molecular complexity index is 327. The van der Waals surface area contributed by atoms with Gasteiger partial charge < -0.3 is 0 Å². The second-order valence-corrected chi connectivity index (χ2v) is 4.17. The van der Waals surface area contributed by atoms with Crippen LogP contribution >= 0.6 is 11.5 Å². The van der Waals surface area contributed by atoms with Crippen LogP contribution in [0.3, 0.4) is 0 Å². The molecule has 0 amide bonds. The highest BCUT2D eigenvalue weighted by Gasteiger charge is 2.15. The molecule has 0 spiro atoms. The average molecular weight is 223 g/mol. The van der Waals surface area contributed by atoms with E-state index in [9.17, 15) is 0 Å². The number of aryl methyl sites for hydroxylation is 1. The first-order valence-electron chi connectivity index (χ1n) is 5.34. The van der Waals surface area contributed by atoms with Gasteiger partial charge >= 0.3 is 0 Å². The zero-order chi connectivity index (χ0) is 11.1. The third kappa shape index (κ3) is 3.29. The van der Waals surface area contributed by atoms with Crippen LogP contribution in [0.25, 0.3) is 0 Å². The summed E-state index contributed by atoms with van der Waals surface area (Å²) >= 11 is 1.41. The van der Waals surface area contributed by atoms with E-state index in [1.165, 1.54) is 11.5 Å². The standard InChI is InChI=1S/C11H17N3S/c1-4-7-10-11(15-14-13-10)9(6-3)12-8-5-2/h3,9,12H,4-5,7-8H2,1-2H3. The lowest BCUT2D eigenvalue weighted by atomic mass is 10.1. The van der Waals surface area contributed by atoms with E-state index in [1.807, 2.05) is 0 Å². The number of aromatic nitrogens is 2. The molecule has 4 heteroatoms. The Balaban J connectivity index is 2.73. The van der Waals surface area contributed by atoms with Crippen LogP contribution in [0, 0.1) is 12.3 Å². The first kappa shape index (κ1) is 12.2. The molecule has 1 aromatic rings. The van der Waals surface area contributed by atoms with Gasteiger partial charge in [-0.3, -0.25) is 5.32 Å². The van der Waals surface area contributed by atoms with Crippen molar-refractivity contribution in [2.45, 2.75) is 39.2 Å². The van der Waals surface area contributed by atoms with Crippen LogP contribution < -0.4 is 5.32 Å². The molecule has 0 aromatic carbocycles. The molecule has 1 atom stereocenters. The van der Waals surface area contributed by atoms with Crippen LogP contribution in [-0.2, 0) is 6.42 Å². The highest BCUT2D eigenvalue weighted by molar-refractivity contribution is 7.05. The molecule has 1 aromatic heterocycles. The Morgan fingerprint density at radius 3 is 2.87 bits per heavy atom. The molecule has 3 nitrogen and oxygen atoms in total. The van der Waals surface area contributed by atoms with Crippen molar-refractivity contribution in [1.29, 1.82) is 0 Å². The summed E-state index contributed by atoms with van der Waals surface area (Å²) in [6, 6.07) is -0.0218. The third-order valence-electron chi connectivity index (χ3n) is 2.10. The summed E-state index contributed by atoms with van der Waals surface area (Å²) in [5, 5.41) is 7.43. The maximum Gasteiger partial charge on any atom is 0.107 e. The van der Waals surface area contributed by atoms with E-state index in [2.05, 4.69) is 34.7 Å². The molecular weight excluding hydrogens is 206 g/mol. The topological polar surface area (TPSA) is 37.8 Å². The Morgan fingerprint density at radius 2 is 2.27 bits per heavy atom. The molecule has 1 heterocycles. The molecule has 0 radical (unpaired) electrons. The third-order valence-corrected chi connectivity index (χ3v) is 2.93. The molecule has 0 aliphatic heterocycles. The van der Waals surface area contributed by atoms with Crippen LogP contribution in [0.4, 0.5) is 0 Å². The normalized spacial score (nSPS) is 12.3. The number of hydrogen-bond acceptors (Lipinski definition) is 4. The molecule has 1 unspecified atom stereocenters.